The molecule has 1 aromatic rings. The van der Waals surface area contributed by atoms with Crippen molar-refractivity contribution < 1.29 is 14.3 Å². The third-order valence-electron chi connectivity index (χ3n) is 3.15. The van der Waals surface area contributed by atoms with Gasteiger partial charge >= 0.3 is 5.97 Å². The maximum absolute atomic E-state index is 12.8. The molecule has 0 saturated carbocycles. The summed E-state index contributed by atoms with van der Waals surface area (Å²) in [6.45, 7) is 0.553. The molecule has 0 spiro atoms. The fourth-order valence-electron chi connectivity index (χ4n) is 2.25. The molecule has 0 amide bonds. The lowest BCUT2D eigenvalue weighted by Gasteiger charge is -2.19. The van der Waals surface area contributed by atoms with Crippen molar-refractivity contribution in [2.75, 3.05) is 13.6 Å². The van der Waals surface area contributed by atoms with E-state index in [0.717, 1.165) is 5.56 Å². The summed E-state index contributed by atoms with van der Waals surface area (Å²) in [5.74, 6) is -1.34. The van der Waals surface area contributed by atoms with Crippen molar-refractivity contribution in [1.82, 2.24) is 4.90 Å². The molecule has 1 N–H and O–H groups in total. The van der Waals surface area contributed by atoms with Gasteiger partial charge in [-0.3, -0.25) is 9.69 Å². The van der Waals surface area contributed by atoms with Crippen LogP contribution in [0.4, 0.5) is 4.39 Å². The first kappa shape index (κ1) is 11.1. The smallest absolute Gasteiger partial charge is 0.307 e. The van der Waals surface area contributed by atoms with E-state index in [1.54, 1.807) is 12.1 Å². The molecule has 1 aromatic carbocycles. The van der Waals surface area contributed by atoms with Crippen molar-refractivity contribution >= 4 is 5.97 Å². The first-order valence-electron chi connectivity index (χ1n) is 5.26. The Kier molecular flexibility index (Phi) is 2.92. The Balaban J connectivity index is 2.16. The van der Waals surface area contributed by atoms with Crippen LogP contribution in [0, 0.1) is 11.7 Å². The van der Waals surface area contributed by atoms with Gasteiger partial charge in [-0.2, -0.15) is 0 Å². The van der Waals surface area contributed by atoms with Crippen LogP contribution in [0.5, 0.6) is 0 Å². The Labute approximate surface area is 93.5 Å². The Morgan fingerprint density at radius 1 is 1.44 bits per heavy atom. The van der Waals surface area contributed by atoms with E-state index in [-0.39, 0.29) is 17.8 Å². The monoisotopic (exact) mass is 223 g/mol. The third-order valence-corrected chi connectivity index (χ3v) is 3.15. The summed E-state index contributed by atoms with van der Waals surface area (Å²) in [5, 5.41) is 8.95. The molecule has 16 heavy (non-hydrogen) atoms. The topological polar surface area (TPSA) is 40.5 Å². The lowest BCUT2D eigenvalue weighted by atomic mass is 10.00. The molecule has 0 aromatic heterocycles. The summed E-state index contributed by atoms with van der Waals surface area (Å²) in [6.07, 6.45) is 0.595. The minimum Gasteiger partial charge on any atom is -0.481 e. The minimum atomic E-state index is -0.753. The molecule has 1 saturated heterocycles. The molecular weight excluding hydrogens is 209 g/mol. The third kappa shape index (κ3) is 2.07. The molecule has 4 heteroatoms. The highest BCUT2D eigenvalue weighted by Gasteiger charge is 2.34. The normalized spacial score (nSPS) is 25.9. The van der Waals surface area contributed by atoms with Gasteiger partial charge in [-0.25, -0.2) is 4.39 Å². The number of hydrogen-bond donors (Lipinski definition) is 1. The minimum absolute atomic E-state index is 0.0849. The highest BCUT2D eigenvalue weighted by Crippen LogP contribution is 2.34. The van der Waals surface area contributed by atoms with E-state index in [1.165, 1.54) is 12.1 Å². The highest BCUT2D eigenvalue weighted by molar-refractivity contribution is 5.70. The van der Waals surface area contributed by atoms with Crippen molar-refractivity contribution in [1.29, 1.82) is 0 Å². The van der Waals surface area contributed by atoms with Gasteiger partial charge < -0.3 is 5.11 Å². The number of rotatable bonds is 2. The summed E-state index contributed by atoms with van der Waals surface area (Å²) < 4.78 is 12.8. The van der Waals surface area contributed by atoms with Gasteiger partial charge in [0.1, 0.15) is 5.82 Å². The van der Waals surface area contributed by atoms with Crippen LogP contribution in [0.2, 0.25) is 0 Å². The SMILES string of the molecule is CN1C[C@@H](C(=O)O)C[C@H]1c1ccc(F)cc1. The molecule has 86 valence electrons. The second-order valence-corrected chi connectivity index (χ2v) is 4.28. The summed E-state index contributed by atoms with van der Waals surface area (Å²) in [6, 6.07) is 6.36. The van der Waals surface area contributed by atoms with Gasteiger partial charge in [-0.15, -0.1) is 0 Å². The molecule has 2 rings (SSSR count). The van der Waals surface area contributed by atoms with Gasteiger partial charge in [0, 0.05) is 12.6 Å². The Hall–Kier alpha value is -1.42. The summed E-state index contributed by atoms with van der Waals surface area (Å²) >= 11 is 0. The van der Waals surface area contributed by atoms with Gasteiger partial charge in [-0.05, 0) is 31.2 Å². The van der Waals surface area contributed by atoms with Crippen LogP contribution in [0.1, 0.15) is 18.0 Å². The van der Waals surface area contributed by atoms with Crippen LogP contribution < -0.4 is 0 Å². The largest absolute Gasteiger partial charge is 0.481 e. The molecule has 1 fully saturated rings. The van der Waals surface area contributed by atoms with Crippen molar-refractivity contribution in [3.05, 3.63) is 35.6 Å². The summed E-state index contributed by atoms with van der Waals surface area (Å²) in [7, 11) is 1.90. The quantitative estimate of drug-likeness (QED) is 0.832. The van der Waals surface area contributed by atoms with Crippen molar-refractivity contribution in [2.45, 2.75) is 12.5 Å². The van der Waals surface area contributed by atoms with E-state index < -0.39 is 5.97 Å². The molecular formula is C12H14FNO2. The zero-order valence-electron chi connectivity index (χ0n) is 9.06. The Morgan fingerprint density at radius 3 is 2.56 bits per heavy atom. The average Bonchev–Trinajstić information content (AvgIpc) is 2.62. The Bertz CT molecular complexity index is 391. The predicted octanol–water partition coefficient (Wildman–Crippen LogP) is 1.90. The average molecular weight is 223 g/mol. The zero-order chi connectivity index (χ0) is 11.7. The predicted molar refractivity (Wildman–Crippen MR) is 57.5 cm³/mol. The molecule has 2 atom stereocenters. The number of halogens is 1. The van der Waals surface area contributed by atoms with Gasteiger partial charge in [-0.1, -0.05) is 12.1 Å². The maximum Gasteiger partial charge on any atom is 0.307 e. The highest BCUT2D eigenvalue weighted by atomic mass is 19.1. The van der Waals surface area contributed by atoms with Gasteiger partial charge in [0.2, 0.25) is 0 Å². The number of carboxylic acids is 1. The first-order chi connectivity index (χ1) is 7.58. The van der Waals surface area contributed by atoms with Crippen molar-refractivity contribution in [2.24, 2.45) is 5.92 Å². The number of likely N-dealkylation sites (tertiary alicyclic amines) is 1. The number of nitrogens with zero attached hydrogens (tertiary/aromatic N) is 1. The second-order valence-electron chi connectivity index (χ2n) is 4.28. The first-order valence-corrected chi connectivity index (χ1v) is 5.26. The zero-order valence-corrected chi connectivity index (χ0v) is 9.06. The summed E-state index contributed by atoms with van der Waals surface area (Å²) in [5.41, 5.74) is 0.979. The Morgan fingerprint density at radius 2 is 2.06 bits per heavy atom. The van der Waals surface area contributed by atoms with Crippen LogP contribution in [-0.2, 0) is 4.79 Å². The molecule has 0 radical (unpaired) electrons. The van der Waals surface area contributed by atoms with Gasteiger partial charge in [0.05, 0.1) is 5.92 Å². The van der Waals surface area contributed by atoms with Crippen molar-refractivity contribution in [3.63, 3.8) is 0 Å². The van der Waals surface area contributed by atoms with Crippen LogP contribution in [0.3, 0.4) is 0 Å². The van der Waals surface area contributed by atoms with E-state index >= 15 is 0 Å². The number of aliphatic carboxylic acids is 1. The van der Waals surface area contributed by atoms with E-state index in [2.05, 4.69) is 0 Å². The van der Waals surface area contributed by atoms with Crippen LogP contribution >= 0.6 is 0 Å². The van der Waals surface area contributed by atoms with E-state index in [4.69, 9.17) is 5.11 Å². The van der Waals surface area contributed by atoms with Crippen molar-refractivity contribution in [3.8, 4) is 0 Å². The molecule has 0 unspecified atom stereocenters. The number of carbonyl (C=O) groups is 1. The fourth-order valence-corrected chi connectivity index (χ4v) is 2.25. The fraction of sp³-hybridized carbons (Fsp3) is 0.417. The lowest BCUT2D eigenvalue weighted by Crippen LogP contribution is -2.20. The lowest BCUT2D eigenvalue weighted by molar-refractivity contribution is -0.141. The van der Waals surface area contributed by atoms with Crippen LogP contribution in [0.15, 0.2) is 24.3 Å². The number of hydrogen-bond acceptors (Lipinski definition) is 2. The number of carboxylic acid groups (broad SMARTS) is 1. The van der Waals surface area contributed by atoms with E-state index in [1.807, 2.05) is 11.9 Å². The van der Waals surface area contributed by atoms with E-state index in [9.17, 15) is 9.18 Å². The molecule has 0 bridgehead atoms. The van der Waals surface area contributed by atoms with Crippen LogP contribution in [-0.4, -0.2) is 29.6 Å². The maximum atomic E-state index is 12.8. The molecule has 0 aliphatic carbocycles. The molecule has 3 nitrogen and oxygen atoms in total. The van der Waals surface area contributed by atoms with E-state index in [0.29, 0.717) is 13.0 Å². The van der Waals surface area contributed by atoms with Crippen LogP contribution in [0.25, 0.3) is 0 Å². The standard InChI is InChI=1S/C12H14FNO2/c1-14-7-9(12(15)16)6-11(14)8-2-4-10(13)5-3-8/h2-5,9,11H,6-7H2,1H3,(H,15,16)/t9-,11-/m0/s1. The molecule has 1 heterocycles. The molecule has 1 aliphatic heterocycles. The second kappa shape index (κ2) is 4.22. The molecule has 1 aliphatic rings. The van der Waals surface area contributed by atoms with Gasteiger partial charge in [0.25, 0.3) is 0 Å². The van der Waals surface area contributed by atoms with Gasteiger partial charge in [0.15, 0.2) is 0 Å². The number of benzene rings is 1. The summed E-state index contributed by atoms with van der Waals surface area (Å²) in [4.78, 5) is 12.9.